The molecule has 5 heteroatoms. The van der Waals surface area contributed by atoms with Crippen LogP contribution in [0.5, 0.6) is 5.75 Å². The largest absolute Gasteiger partial charge is 0.483 e. The van der Waals surface area contributed by atoms with E-state index in [1.807, 2.05) is 33.8 Å². The first-order valence-corrected chi connectivity index (χ1v) is 9.03. The Hall–Kier alpha value is -2.40. The van der Waals surface area contributed by atoms with Crippen LogP contribution in [-0.4, -0.2) is 17.5 Å². The number of nitrogens with one attached hydrogen (secondary N) is 1. The predicted octanol–water partition coefficient (Wildman–Crippen LogP) is 4.86. The van der Waals surface area contributed by atoms with Crippen LogP contribution in [0.4, 0.5) is 5.13 Å². The fourth-order valence-corrected chi connectivity index (χ4v) is 3.93. The van der Waals surface area contributed by atoms with E-state index in [1.165, 1.54) is 16.9 Å². The summed E-state index contributed by atoms with van der Waals surface area (Å²) in [7, 11) is 0. The van der Waals surface area contributed by atoms with Crippen LogP contribution in [0.1, 0.15) is 27.8 Å². The van der Waals surface area contributed by atoms with E-state index in [0.717, 1.165) is 38.2 Å². The van der Waals surface area contributed by atoms with Gasteiger partial charge in [0.25, 0.3) is 5.91 Å². The number of thiazole rings is 1. The fraction of sp³-hybridized carbons (Fsp3) is 0.300. The van der Waals surface area contributed by atoms with E-state index in [1.54, 1.807) is 0 Å². The Morgan fingerprint density at radius 3 is 2.48 bits per heavy atom. The molecule has 0 aliphatic heterocycles. The molecule has 1 heterocycles. The maximum absolute atomic E-state index is 12.2. The van der Waals surface area contributed by atoms with Gasteiger partial charge < -0.3 is 4.74 Å². The van der Waals surface area contributed by atoms with Crippen LogP contribution >= 0.6 is 11.3 Å². The van der Waals surface area contributed by atoms with Gasteiger partial charge in [-0.05, 0) is 74.6 Å². The van der Waals surface area contributed by atoms with Gasteiger partial charge in [0.2, 0.25) is 0 Å². The summed E-state index contributed by atoms with van der Waals surface area (Å²) >= 11 is 1.49. The first kappa shape index (κ1) is 17.4. The van der Waals surface area contributed by atoms with Gasteiger partial charge in [-0.25, -0.2) is 4.98 Å². The molecular formula is C20H22N2O2S. The lowest BCUT2D eigenvalue weighted by molar-refractivity contribution is -0.118. The number of amides is 1. The number of nitrogens with zero attached hydrogens (tertiary/aromatic N) is 1. The van der Waals surface area contributed by atoms with Gasteiger partial charge in [0.1, 0.15) is 5.75 Å². The van der Waals surface area contributed by atoms with Crippen molar-refractivity contribution >= 4 is 32.6 Å². The van der Waals surface area contributed by atoms with Crippen LogP contribution in [0, 0.1) is 34.6 Å². The maximum Gasteiger partial charge on any atom is 0.264 e. The number of fused-ring (bicyclic) bond motifs is 1. The van der Waals surface area contributed by atoms with E-state index < -0.39 is 0 Å². The van der Waals surface area contributed by atoms with Crippen molar-refractivity contribution in [3.63, 3.8) is 0 Å². The van der Waals surface area contributed by atoms with Crippen LogP contribution in [0.3, 0.4) is 0 Å². The molecule has 1 N–H and O–H groups in total. The first-order valence-electron chi connectivity index (χ1n) is 8.22. The van der Waals surface area contributed by atoms with E-state index >= 15 is 0 Å². The molecule has 0 bridgehead atoms. The lowest BCUT2D eigenvalue weighted by Gasteiger charge is -2.11. The lowest BCUT2D eigenvalue weighted by atomic mass is 10.1. The summed E-state index contributed by atoms with van der Waals surface area (Å²) in [6.07, 6.45) is 0. The van der Waals surface area contributed by atoms with Crippen LogP contribution in [-0.2, 0) is 4.79 Å². The van der Waals surface area contributed by atoms with E-state index in [4.69, 9.17) is 4.74 Å². The Bertz CT molecular complexity index is 960. The third kappa shape index (κ3) is 3.82. The van der Waals surface area contributed by atoms with Gasteiger partial charge in [-0.3, -0.25) is 10.1 Å². The highest BCUT2D eigenvalue weighted by Crippen LogP contribution is 2.29. The molecule has 3 rings (SSSR count). The zero-order valence-electron chi connectivity index (χ0n) is 15.2. The average molecular weight is 354 g/mol. The molecule has 1 aromatic heterocycles. The fourth-order valence-electron chi connectivity index (χ4n) is 2.87. The summed E-state index contributed by atoms with van der Waals surface area (Å²) in [5.74, 6) is 0.551. The Balaban J connectivity index is 1.70. The molecule has 1 amide bonds. The number of ether oxygens (including phenoxy) is 1. The van der Waals surface area contributed by atoms with Gasteiger partial charge in [-0.15, -0.1) is 0 Å². The highest BCUT2D eigenvalue weighted by Gasteiger charge is 2.11. The molecule has 3 aromatic rings. The molecule has 2 aromatic carbocycles. The Kier molecular flexibility index (Phi) is 4.77. The van der Waals surface area contributed by atoms with Gasteiger partial charge in [0.15, 0.2) is 11.7 Å². The number of aromatic nitrogens is 1. The number of hydrogen-bond donors (Lipinski definition) is 1. The minimum absolute atomic E-state index is 0.0301. The summed E-state index contributed by atoms with van der Waals surface area (Å²) in [6, 6.07) is 8.25. The van der Waals surface area contributed by atoms with Crippen LogP contribution < -0.4 is 10.1 Å². The number of carbonyl (C=O) groups excluding carboxylic acids is 1. The zero-order valence-corrected chi connectivity index (χ0v) is 16.0. The summed E-state index contributed by atoms with van der Waals surface area (Å²) < 4.78 is 6.80. The number of hydrogen-bond acceptors (Lipinski definition) is 4. The van der Waals surface area contributed by atoms with Crippen molar-refractivity contribution in [1.82, 2.24) is 4.98 Å². The van der Waals surface area contributed by atoms with Gasteiger partial charge in [-0.1, -0.05) is 23.5 Å². The van der Waals surface area contributed by atoms with Crippen molar-refractivity contribution in [2.24, 2.45) is 0 Å². The number of anilines is 1. The minimum atomic E-state index is -0.202. The van der Waals surface area contributed by atoms with Gasteiger partial charge >= 0.3 is 0 Å². The molecule has 0 saturated carbocycles. The van der Waals surface area contributed by atoms with Crippen molar-refractivity contribution in [3.05, 3.63) is 52.1 Å². The number of aryl methyl sites for hydroxylation is 4. The van der Waals surface area contributed by atoms with Crippen molar-refractivity contribution in [2.45, 2.75) is 34.6 Å². The molecule has 25 heavy (non-hydrogen) atoms. The second kappa shape index (κ2) is 6.84. The van der Waals surface area contributed by atoms with Crippen molar-refractivity contribution in [3.8, 4) is 5.75 Å². The Morgan fingerprint density at radius 2 is 1.72 bits per heavy atom. The monoisotopic (exact) mass is 354 g/mol. The molecule has 0 atom stereocenters. The second-order valence-corrected chi connectivity index (χ2v) is 7.52. The molecule has 0 unspecified atom stereocenters. The van der Waals surface area contributed by atoms with Crippen molar-refractivity contribution in [2.75, 3.05) is 11.9 Å². The summed E-state index contributed by atoms with van der Waals surface area (Å²) in [4.78, 5) is 16.8. The predicted molar refractivity (Wildman–Crippen MR) is 104 cm³/mol. The number of benzene rings is 2. The SMILES string of the molecule is Cc1cc(C)c(C)c(OCC(=O)Nc2nc3c(C)cc(C)cc3s2)c1. The molecule has 0 aliphatic rings. The highest BCUT2D eigenvalue weighted by molar-refractivity contribution is 7.22. The first-order chi connectivity index (χ1) is 11.8. The molecule has 0 radical (unpaired) electrons. The van der Waals surface area contributed by atoms with E-state index in [0.29, 0.717) is 5.13 Å². The molecule has 130 valence electrons. The van der Waals surface area contributed by atoms with Gasteiger partial charge in [-0.2, -0.15) is 0 Å². The van der Waals surface area contributed by atoms with Crippen molar-refractivity contribution in [1.29, 1.82) is 0 Å². The van der Waals surface area contributed by atoms with E-state index in [2.05, 4.69) is 35.4 Å². The molecule has 4 nitrogen and oxygen atoms in total. The second-order valence-electron chi connectivity index (χ2n) is 6.49. The normalized spacial score (nSPS) is 10.9. The molecular weight excluding hydrogens is 332 g/mol. The van der Waals surface area contributed by atoms with E-state index in [9.17, 15) is 4.79 Å². The van der Waals surface area contributed by atoms with Crippen molar-refractivity contribution < 1.29 is 9.53 Å². The van der Waals surface area contributed by atoms with Crippen LogP contribution in [0.25, 0.3) is 10.2 Å². The minimum Gasteiger partial charge on any atom is -0.483 e. The zero-order chi connectivity index (χ0) is 18.1. The summed E-state index contributed by atoms with van der Waals surface area (Å²) in [6.45, 7) is 10.1. The lowest BCUT2D eigenvalue weighted by Crippen LogP contribution is -2.20. The third-order valence-electron chi connectivity index (χ3n) is 4.20. The number of carbonyl (C=O) groups is 1. The maximum atomic E-state index is 12.2. The Labute approximate surface area is 151 Å². The highest BCUT2D eigenvalue weighted by atomic mass is 32.1. The van der Waals surface area contributed by atoms with Crippen LogP contribution in [0.15, 0.2) is 24.3 Å². The quantitative estimate of drug-likeness (QED) is 0.728. The number of rotatable bonds is 4. The van der Waals surface area contributed by atoms with Crippen LogP contribution in [0.2, 0.25) is 0 Å². The Morgan fingerprint density at radius 1 is 1.04 bits per heavy atom. The van der Waals surface area contributed by atoms with E-state index in [-0.39, 0.29) is 12.5 Å². The molecule has 0 aliphatic carbocycles. The summed E-state index contributed by atoms with van der Waals surface area (Å²) in [5.41, 5.74) is 6.60. The smallest absolute Gasteiger partial charge is 0.264 e. The molecule has 0 fully saturated rings. The average Bonchev–Trinajstić information content (AvgIpc) is 2.92. The molecule has 0 spiro atoms. The summed E-state index contributed by atoms with van der Waals surface area (Å²) in [5, 5.41) is 3.45. The molecule has 0 saturated heterocycles. The topological polar surface area (TPSA) is 51.2 Å². The van der Waals surface area contributed by atoms with Gasteiger partial charge in [0, 0.05) is 0 Å². The van der Waals surface area contributed by atoms with Gasteiger partial charge in [0.05, 0.1) is 10.2 Å². The third-order valence-corrected chi connectivity index (χ3v) is 5.12. The standard InChI is InChI=1S/C20H22N2O2S/c1-11-6-13(3)15(5)16(8-11)24-10-18(23)21-20-22-19-14(4)7-12(2)9-17(19)25-20/h6-9H,10H2,1-5H3,(H,21,22,23).